The predicted molar refractivity (Wildman–Crippen MR) is 74.2 cm³/mol. The number of rotatable bonds is 5. The molecule has 1 heterocycles. The van der Waals surface area contributed by atoms with Gasteiger partial charge in [0.2, 0.25) is 5.76 Å². The van der Waals surface area contributed by atoms with Gasteiger partial charge in [-0.3, -0.25) is 0 Å². The van der Waals surface area contributed by atoms with Crippen LogP contribution in [0.15, 0.2) is 23.2 Å². The van der Waals surface area contributed by atoms with Crippen LogP contribution in [-0.2, 0) is 33.7 Å². The molecule has 0 amide bonds. The fourth-order valence-electron chi connectivity index (χ4n) is 2.36. The van der Waals surface area contributed by atoms with Crippen molar-refractivity contribution in [3.63, 3.8) is 0 Å². The molecule has 1 aliphatic carbocycles. The molecule has 23 heavy (non-hydrogen) atoms. The van der Waals surface area contributed by atoms with E-state index in [0.29, 0.717) is 37.7 Å². The topological polar surface area (TPSA) is 76.1 Å². The van der Waals surface area contributed by atoms with Crippen molar-refractivity contribution in [3.05, 3.63) is 28.7 Å². The second-order valence-corrected chi connectivity index (χ2v) is 4.54. The van der Waals surface area contributed by atoms with Gasteiger partial charge >= 0.3 is 25.2 Å². The first kappa shape index (κ1) is 24.8. The monoisotopic (exact) mass is 413 g/mol. The normalized spacial score (nSPS) is 20.2. The zero-order valence-corrected chi connectivity index (χ0v) is 18.0. The summed E-state index contributed by atoms with van der Waals surface area (Å²) in [6, 6.07) is 0. The van der Waals surface area contributed by atoms with Crippen LogP contribution < -0.4 is 30.1 Å². The predicted octanol–water partition coefficient (Wildman–Crippen LogP) is -4.73. The minimum absolute atomic E-state index is 0. The summed E-state index contributed by atoms with van der Waals surface area (Å²) in [7, 11) is 0. The Morgan fingerprint density at radius 2 is 2.00 bits per heavy atom. The summed E-state index contributed by atoms with van der Waals surface area (Å²) < 4.78 is 17.0. The van der Waals surface area contributed by atoms with Gasteiger partial charge in [-0.25, -0.2) is 0 Å². The Kier molecular flexibility index (Phi) is 14.0. The minimum Gasteiger partial charge on any atom is -1.00 e. The smallest absolute Gasteiger partial charge is 1.00 e. The molecule has 0 aromatic rings. The maximum atomic E-state index is 9.12. The first-order valence-electron chi connectivity index (χ1n) is 7.04. The van der Waals surface area contributed by atoms with E-state index in [-0.39, 0.29) is 50.4 Å². The number of halogens is 2. The molecule has 6 nitrogen and oxygen atoms in total. The van der Waals surface area contributed by atoms with Crippen molar-refractivity contribution in [1.29, 1.82) is 0 Å². The van der Waals surface area contributed by atoms with Gasteiger partial charge in [-0.1, -0.05) is 0 Å². The standard InChI is InChI=1S/C14H21N3O3.2ClH.Zn/c1-3-18-12-8-11(17-15)13(19-4-2)7-10(12)14-9-16-5-6-20-14;;;/h7,14,16H,3-6,8-9H2,1-2H3;2*1H;/q;;;+2/p-2. The van der Waals surface area contributed by atoms with Crippen LogP contribution in [-0.4, -0.2) is 49.5 Å². The van der Waals surface area contributed by atoms with Crippen LogP contribution in [0, 0.1) is 0 Å². The number of nitrogens with zero attached hydrogens (tertiary/aromatic N) is 2. The van der Waals surface area contributed by atoms with Gasteiger partial charge in [0.05, 0.1) is 25.9 Å². The molecular weight excluding hydrogens is 394 g/mol. The van der Waals surface area contributed by atoms with Gasteiger partial charge < -0.3 is 49.9 Å². The van der Waals surface area contributed by atoms with Crippen LogP contribution in [0.3, 0.4) is 0 Å². The van der Waals surface area contributed by atoms with Crippen molar-refractivity contribution in [2.24, 2.45) is 0 Å². The van der Waals surface area contributed by atoms with Gasteiger partial charge in [0.15, 0.2) is 0 Å². The van der Waals surface area contributed by atoms with Gasteiger partial charge in [-0.15, -0.1) is 0 Å². The molecule has 2 aliphatic rings. The molecule has 2 rings (SSSR count). The number of hydrogen-bond donors (Lipinski definition) is 1. The third-order valence-electron chi connectivity index (χ3n) is 3.23. The Balaban J connectivity index is 0. The Labute approximate surface area is 162 Å². The number of morpholine rings is 1. The zero-order valence-electron chi connectivity index (χ0n) is 13.5. The molecule has 1 aliphatic heterocycles. The van der Waals surface area contributed by atoms with Crippen LogP contribution in [0.2, 0.25) is 0 Å². The molecule has 0 saturated carbocycles. The zero-order chi connectivity index (χ0) is 14.4. The molecule has 0 bridgehead atoms. The van der Waals surface area contributed by atoms with Crippen molar-refractivity contribution in [3.8, 4) is 0 Å². The van der Waals surface area contributed by atoms with Gasteiger partial charge in [0.25, 0.3) is 0 Å². The second-order valence-electron chi connectivity index (χ2n) is 4.54. The van der Waals surface area contributed by atoms with Crippen molar-refractivity contribution < 1.29 is 63.3 Å². The SMILES string of the molecule is CCOC1=CC(C2CNCCO2)=C(OCC)CC1=[N+]=[N-].[Cl-].[Cl-].[Zn+2]. The maximum Gasteiger partial charge on any atom is 2.00 e. The average Bonchev–Trinajstić information content (AvgIpc) is 2.49. The van der Waals surface area contributed by atoms with Crippen molar-refractivity contribution in [2.45, 2.75) is 26.4 Å². The Morgan fingerprint density at radius 1 is 1.30 bits per heavy atom. The molecule has 0 radical (unpaired) electrons. The molecule has 1 unspecified atom stereocenters. The minimum atomic E-state index is -0.0546. The number of allylic oxidation sites excluding steroid dienone is 2. The van der Waals surface area contributed by atoms with Crippen molar-refractivity contribution >= 4 is 5.71 Å². The van der Waals surface area contributed by atoms with E-state index in [1.54, 1.807) is 0 Å². The van der Waals surface area contributed by atoms with E-state index < -0.39 is 0 Å². The van der Waals surface area contributed by atoms with Gasteiger partial charge in [-0.05, 0) is 19.9 Å². The third kappa shape index (κ3) is 6.54. The first-order valence-corrected chi connectivity index (χ1v) is 7.04. The van der Waals surface area contributed by atoms with Crippen LogP contribution >= 0.6 is 0 Å². The molecular formula is C14H21Cl2N3O3Zn. The molecule has 0 spiro atoms. The summed E-state index contributed by atoms with van der Waals surface area (Å²) in [4.78, 5) is 3.31. The number of nitrogens with one attached hydrogen (secondary N) is 1. The van der Waals surface area contributed by atoms with Crippen LogP contribution in [0.5, 0.6) is 0 Å². The van der Waals surface area contributed by atoms with Crippen molar-refractivity contribution in [1.82, 2.24) is 5.32 Å². The van der Waals surface area contributed by atoms with Crippen molar-refractivity contribution in [2.75, 3.05) is 32.9 Å². The summed E-state index contributed by atoms with van der Waals surface area (Å²) in [6.45, 7) is 7.19. The number of ether oxygens (including phenoxy) is 3. The first-order chi connectivity index (χ1) is 9.80. The summed E-state index contributed by atoms with van der Waals surface area (Å²) in [5, 5.41) is 3.30. The number of hydrogen-bond acceptors (Lipinski definition) is 4. The van der Waals surface area contributed by atoms with E-state index in [9.17, 15) is 0 Å². The molecule has 1 N–H and O–H groups in total. The molecule has 1 fully saturated rings. The summed E-state index contributed by atoms with van der Waals surface area (Å²) in [5.41, 5.74) is 10.6. The summed E-state index contributed by atoms with van der Waals surface area (Å²) >= 11 is 0. The quantitative estimate of drug-likeness (QED) is 0.278. The fraction of sp³-hybridized carbons (Fsp3) is 0.643. The van der Waals surface area contributed by atoms with Crippen LogP contribution in [0.1, 0.15) is 20.3 Å². The molecule has 1 atom stereocenters. The van der Waals surface area contributed by atoms with Gasteiger partial charge in [0.1, 0.15) is 12.2 Å². The Hall–Kier alpha value is -0.417. The Bertz CT molecular complexity index is 474. The van der Waals surface area contributed by atoms with E-state index in [0.717, 1.165) is 24.4 Å². The molecule has 1 saturated heterocycles. The molecule has 0 aromatic carbocycles. The van der Waals surface area contributed by atoms with E-state index >= 15 is 0 Å². The van der Waals surface area contributed by atoms with E-state index in [2.05, 4.69) is 10.1 Å². The van der Waals surface area contributed by atoms with E-state index in [1.165, 1.54) is 0 Å². The molecule has 9 heteroatoms. The fourth-order valence-corrected chi connectivity index (χ4v) is 2.36. The summed E-state index contributed by atoms with van der Waals surface area (Å²) in [5.74, 6) is 1.38. The van der Waals surface area contributed by atoms with Crippen LogP contribution in [0.25, 0.3) is 5.53 Å². The molecule has 126 valence electrons. The second kappa shape index (κ2) is 12.9. The van der Waals surface area contributed by atoms with E-state index in [1.807, 2.05) is 19.9 Å². The van der Waals surface area contributed by atoms with Gasteiger partial charge in [0, 0.05) is 18.7 Å². The third-order valence-corrected chi connectivity index (χ3v) is 3.23. The summed E-state index contributed by atoms with van der Waals surface area (Å²) in [6.07, 6.45) is 2.23. The van der Waals surface area contributed by atoms with Crippen LogP contribution in [0.4, 0.5) is 0 Å². The molecule has 0 aromatic heterocycles. The Morgan fingerprint density at radius 3 is 2.52 bits per heavy atom. The van der Waals surface area contributed by atoms with E-state index in [4.69, 9.17) is 19.7 Å². The average molecular weight is 416 g/mol. The van der Waals surface area contributed by atoms with Gasteiger partial charge in [-0.2, -0.15) is 4.79 Å². The maximum absolute atomic E-state index is 9.12. The largest absolute Gasteiger partial charge is 2.00 e.